The van der Waals surface area contributed by atoms with E-state index in [1.165, 1.54) is 17.0 Å². The quantitative estimate of drug-likeness (QED) is 0.392. The monoisotopic (exact) mass is 497 g/mol. The summed E-state index contributed by atoms with van der Waals surface area (Å²) in [4.78, 5) is 44.7. The number of hydrogen-bond acceptors (Lipinski definition) is 6. The Morgan fingerprint density at radius 2 is 1.78 bits per heavy atom. The standard InChI is InChI=1S/C28H27N5O4/c1-15(2)14-32-27(35)20-10-9-18(13-21(20)28(32)36)26(34)30-24-12-17(4)31-33(24)23-11-16(3)19-7-6-8-22(37-5)25(19)29-23/h6-13,15H,14H2,1-5H3,(H,30,34). The molecule has 5 rings (SSSR count). The molecule has 1 aliphatic rings. The number of hydrogen-bond donors (Lipinski definition) is 1. The third kappa shape index (κ3) is 4.22. The van der Waals surface area contributed by atoms with Gasteiger partial charge in [0.1, 0.15) is 17.1 Å². The minimum atomic E-state index is -0.429. The predicted octanol–water partition coefficient (Wildman–Crippen LogP) is 4.55. The molecule has 37 heavy (non-hydrogen) atoms. The highest BCUT2D eigenvalue weighted by Gasteiger charge is 2.36. The van der Waals surface area contributed by atoms with E-state index in [9.17, 15) is 14.4 Å². The van der Waals surface area contributed by atoms with Crippen molar-refractivity contribution in [1.29, 1.82) is 0 Å². The lowest BCUT2D eigenvalue weighted by molar-refractivity contribution is 0.0636. The van der Waals surface area contributed by atoms with Crippen molar-refractivity contribution in [3.63, 3.8) is 0 Å². The number of rotatable bonds is 6. The molecule has 0 atom stereocenters. The van der Waals surface area contributed by atoms with Gasteiger partial charge in [0.2, 0.25) is 0 Å². The summed E-state index contributed by atoms with van der Waals surface area (Å²) in [5, 5.41) is 8.38. The number of ether oxygens (including phenoxy) is 1. The number of para-hydroxylation sites is 1. The fraction of sp³-hybridized carbons (Fsp3) is 0.250. The average molecular weight is 498 g/mol. The second kappa shape index (κ2) is 9.16. The lowest BCUT2D eigenvalue weighted by Gasteiger charge is -2.15. The zero-order valence-electron chi connectivity index (χ0n) is 21.3. The Morgan fingerprint density at radius 1 is 1.03 bits per heavy atom. The number of aryl methyl sites for hydroxylation is 2. The normalized spacial score (nSPS) is 13.0. The Balaban J connectivity index is 1.48. The molecule has 0 saturated carbocycles. The van der Waals surface area contributed by atoms with Crippen LogP contribution in [0.2, 0.25) is 0 Å². The summed E-state index contributed by atoms with van der Waals surface area (Å²) in [6.07, 6.45) is 0. The van der Waals surface area contributed by atoms with E-state index >= 15 is 0 Å². The van der Waals surface area contributed by atoms with Crippen LogP contribution in [0.25, 0.3) is 16.7 Å². The fourth-order valence-corrected chi connectivity index (χ4v) is 4.56. The molecule has 9 heteroatoms. The smallest absolute Gasteiger partial charge is 0.261 e. The Bertz CT molecular complexity index is 1590. The Morgan fingerprint density at radius 3 is 2.51 bits per heavy atom. The fourth-order valence-electron chi connectivity index (χ4n) is 4.56. The van der Waals surface area contributed by atoms with Gasteiger partial charge in [0.05, 0.1) is 23.9 Å². The number of amides is 3. The van der Waals surface area contributed by atoms with Crippen LogP contribution in [0.4, 0.5) is 5.82 Å². The van der Waals surface area contributed by atoms with E-state index in [0.717, 1.165) is 10.9 Å². The van der Waals surface area contributed by atoms with Crippen molar-refractivity contribution in [3.05, 3.63) is 76.5 Å². The molecule has 3 amide bonds. The molecule has 1 N–H and O–H groups in total. The van der Waals surface area contributed by atoms with Crippen LogP contribution in [0, 0.1) is 19.8 Å². The van der Waals surface area contributed by atoms with Gasteiger partial charge in [-0.15, -0.1) is 0 Å². The molecule has 0 bridgehead atoms. The minimum Gasteiger partial charge on any atom is -0.494 e. The molecule has 3 heterocycles. The summed E-state index contributed by atoms with van der Waals surface area (Å²) in [6.45, 7) is 8.01. The lowest BCUT2D eigenvalue weighted by atomic mass is 10.1. The number of benzene rings is 2. The van der Waals surface area contributed by atoms with Gasteiger partial charge in [0.25, 0.3) is 17.7 Å². The maximum atomic E-state index is 13.2. The molecule has 0 fully saturated rings. The highest BCUT2D eigenvalue weighted by Crippen LogP contribution is 2.29. The van der Waals surface area contributed by atoms with Gasteiger partial charge in [0, 0.05) is 23.6 Å². The van der Waals surface area contributed by atoms with Crippen LogP contribution in [0.1, 0.15) is 56.2 Å². The van der Waals surface area contributed by atoms with Crippen LogP contribution in [0.15, 0.2) is 48.5 Å². The zero-order chi connectivity index (χ0) is 26.4. The van der Waals surface area contributed by atoms with Crippen molar-refractivity contribution in [2.75, 3.05) is 19.0 Å². The molecular weight excluding hydrogens is 470 g/mol. The summed E-state index contributed by atoms with van der Waals surface area (Å²) in [5.74, 6) is 0.588. The number of methoxy groups -OCH3 is 1. The number of aromatic nitrogens is 3. The molecule has 0 unspecified atom stereocenters. The van der Waals surface area contributed by atoms with Gasteiger partial charge >= 0.3 is 0 Å². The van der Waals surface area contributed by atoms with E-state index < -0.39 is 5.91 Å². The molecule has 188 valence electrons. The molecular formula is C28H27N5O4. The van der Waals surface area contributed by atoms with Crippen molar-refractivity contribution in [2.24, 2.45) is 5.92 Å². The maximum Gasteiger partial charge on any atom is 0.261 e. The Labute approximate surface area is 214 Å². The molecule has 0 spiro atoms. The van der Waals surface area contributed by atoms with Crippen LogP contribution >= 0.6 is 0 Å². The first-order valence-electron chi connectivity index (χ1n) is 12.0. The van der Waals surface area contributed by atoms with Crippen molar-refractivity contribution in [3.8, 4) is 11.6 Å². The molecule has 4 aromatic rings. The van der Waals surface area contributed by atoms with Crippen LogP contribution in [0.5, 0.6) is 5.75 Å². The summed E-state index contributed by atoms with van der Waals surface area (Å²) < 4.78 is 7.06. The molecule has 2 aromatic heterocycles. The molecule has 0 aliphatic carbocycles. The van der Waals surface area contributed by atoms with Crippen molar-refractivity contribution < 1.29 is 19.1 Å². The third-order valence-electron chi connectivity index (χ3n) is 6.29. The van der Waals surface area contributed by atoms with Gasteiger partial charge in [-0.05, 0) is 55.7 Å². The number of fused-ring (bicyclic) bond motifs is 2. The molecule has 2 aromatic carbocycles. The van der Waals surface area contributed by atoms with E-state index in [4.69, 9.17) is 9.72 Å². The first kappa shape index (κ1) is 24.2. The third-order valence-corrected chi connectivity index (χ3v) is 6.29. The van der Waals surface area contributed by atoms with E-state index in [1.807, 2.05) is 52.0 Å². The highest BCUT2D eigenvalue weighted by molar-refractivity contribution is 6.22. The van der Waals surface area contributed by atoms with Gasteiger partial charge in [-0.25, -0.2) is 4.98 Å². The van der Waals surface area contributed by atoms with E-state index in [-0.39, 0.29) is 28.9 Å². The molecule has 1 aliphatic heterocycles. The van der Waals surface area contributed by atoms with Gasteiger partial charge in [0.15, 0.2) is 5.82 Å². The van der Waals surface area contributed by atoms with E-state index in [2.05, 4.69) is 10.4 Å². The lowest BCUT2D eigenvalue weighted by Crippen LogP contribution is -2.33. The molecule has 0 radical (unpaired) electrons. The van der Waals surface area contributed by atoms with Crippen LogP contribution in [-0.2, 0) is 0 Å². The number of nitrogens with zero attached hydrogens (tertiary/aromatic N) is 4. The maximum absolute atomic E-state index is 13.2. The van der Waals surface area contributed by atoms with Gasteiger partial charge in [-0.1, -0.05) is 26.0 Å². The molecule has 0 saturated heterocycles. The Hall–Kier alpha value is -4.53. The number of nitrogens with one attached hydrogen (secondary N) is 1. The number of imide groups is 1. The highest BCUT2D eigenvalue weighted by atomic mass is 16.5. The molecule has 9 nitrogen and oxygen atoms in total. The zero-order valence-corrected chi connectivity index (χ0v) is 21.3. The van der Waals surface area contributed by atoms with Crippen molar-refractivity contribution in [1.82, 2.24) is 19.7 Å². The SMILES string of the molecule is COc1cccc2c(C)cc(-n3nc(C)cc3NC(=O)c3ccc4c(c3)C(=O)N(CC(C)C)C4=O)nc12. The predicted molar refractivity (Wildman–Crippen MR) is 139 cm³/mol. The second-order valence-corrected chi connectivity index (χ2v) is 9.57. The number of carbonyl (C=O) groups is 3. The van der Waals surface area contributed by atoms with E-state index in [1.54, 1.807) is 23.9 Å². The van der Waals surface area contributed by atoms with Crippen molar-refractivity contribution in [2.45, 2.75) is 27.7 Å². The van der Waals surface area contributed by atoms with Crippen LogP contribution < -0.4 is 10.1 Å². The first-order valence-corrected chi connectivity index (χ1v) is 12.0. The van der Waals surface area contributed by atoms with Crippen LogP contribution in [0.3, 0.4) is 0 Å². The summed E-state index contributed by atoms with van der Waals surface area (Å²) in [5.41, 5.74) is 3.18. The van der Waals surface area contributed by atoms with Gasteiger partial charge in [-0.3, -0.25) is 19.3 Å². The van der Waals surface area contributed by atoms with E-state index in [0.29, 0.717) is 40.7 Å². The first-order chi connectivity index (χ1) is 17.7. The van der Waals surface area contributed by atoms with Gasteiger partial charge < -0.3 is 10.1 Å². The number of pyridine rings is 1. The second-order valence-electron chi connectivity index (χ2n) is 9.57. The number of anilines is 1. The minimum absolute atomic E-state index is 0.140. The summed E-state index contributed by atoms with van der Waals surface area (Å²) >= 11 is 0. The van der Waals surface area contributed by atoms with Crippen molar-refractivity contribution >= 4 is 34.4 Å². The Kier molecular flexibility index (Phi) is 5.99. The topological polar surface area (TPSA) is 106 Å². The largest absolute Gasteiger partial charge is 0.494 e. The number of carbonyl (C=O) groups excluding carboxylic acids is 3. The average Bonchev–Trinajstić information content (AvgIpc) is 3.35. The van der Waals surface area contributed by atoms with Gasteiger partial charge in [-0.2, -0.15) is 9.78 Å². The van der Waals surface area contributed by atoms with Crippen LogP contribution in [-0.4, -0.2) is 51.0 Å². The summed E-state index contributed by atoms with van der Waals surface area (Å²) in [7, 11) is 1.60. The summed E-state index contributed by atoms with van der Waals surface area (Å²) in [6, 6.07) is 13.9.